The summed E-state index contributed by atoms with van der Waals surface area (Å²) in [5, 5.41) is 0. The van der Waals surface area contributed by atoms with Gasteiger partial charge in [0, 0.05) is 12.1 Å². The number of hydrogen-bond acceptors (Lipinski definition) is 3. The van der Waals surface area contributed by atoms with Crippen LogP contribution in [-0.4, -0.2) is 24.0 Å². The smallest absolute Gasteiger partial charge is 0.326 e. The Bertz CT molecular complexity index is 517. The van der Waals surface area contributed by atoms with Crippen LogP contribution in [-0.2, 0) is 20.7 Å². The molecule has 108 valence electrons. The maximum Gasteiger partial charge on any atom is 0.326 e. The third kappa shape index (κ3) is 3.59. The maximum absolute atomic E-state index is 12.2. The number of anilines is 1. The molecule has 0 spiro atoms. The van der Waals surface area contributed by atoms with Gasteiger partial charge in [0.05, 0.1) is 0 Å². The largest absolute Gasteiger partial charge is 0.459 e. The number of aryl methyl sites for hydroxylation is 1. The number of hydrogen-bond donors (Lipinski definition) is 0. The Labute approximate surface area is 119 Å². The molecule has 1 aliphatic rings. The number of esters is 1. The Kier molecular flexibility index (Phi) is 4.12. The van der Waals surface area contributed by atoms with Gasteiger partial charge in [-0.2, -0.15) is 0 Å². The third-order valence-electron chi connectivity index (χ3n) is 3.13. The first-order chi connectivity index (χ1) is 9.37. The van der Waals surface area contributed by atoms with Gasteiger partial charge < -0.3 is 9.64 Å². The van der Waals surface area contributed by atoms with Gasteiger partial charge in [-0.3, -0.25) is 9.59 Å². The number of fused-ring (bicyclic) bond motifs is 1. The molecule has 1 amide bonds. The van der Waals surface area contributed by atoms with Crippen LogP contribution in [0, 0.1) is 0 Å². The number of nitrogens with zero attached hydrogens (tertiary/aromatic N) is 1. The predicted octanol–water partition coefficient (Wildman–Crippen LogP) is 2.70. The van der Waals surface area contributed by atoms with E-state index in [2.05, 4.69) is 0 Å². The molecule has 0 radical (unpaired) electrons. The highest BCUT2D eigenvalue weighted by Gasteiger charge is 2.26. The maximum atomic E-state index is 12.2. The number of amides is 1. The zero-order chi connectivity index (χ0) is 14.8. The van der Waals surface area contributed by atoms with Gasteiger partial charge >= 0.3 is 5.97 Å². The molecule has 4 heteroatoms. The van der Waals surface area contributed by atoms with E-state index in [1.54, 1.807) is 4.90 Å². The molecule has 1 aliphatic heterocycles. The number of ether oxygens (including phenoxy) is 1. The van der Waals surface area contributed by atoms with Gasteiger partial charge in [0.25, 0.3) is 0 Å². The third-order valence-corrected chi connectivity index (χ3v) is 3.13. The molecule has 0 saturated carbocycles. The topological polar surface area (TPSA) is 46.6 Å². The number of carbonyl (C=O) groups is 2. The number of benzene rings is 1. The Balaban J connectivity index is 2.21. The fourth-order valence-corrected chi connectivity index (χ4v) is 2.36. The molecule has 0 aromatic heterocycles. The molecule has 2 rings (SSSR count). The summed E-state index contributed by atoms with van der Waals surface area (Å²) in [7, 11) is 0. The lowest BCUT2D eigenvalue weighted by Crippen LogP contribution is -2.38. The molecule has 0 N–H and O–H groups in total. The molecule has 0 saturated heterocycles. The standard InChI is InChI=1S/C16H21NO3/c1-16(2,3)20-15(19)11-17-13-9-5-4-7-12(13)8-6-10-14(17)18/h4-5,7,9H,6,8,10-11H2,1-3H3. The molecule has 4 nitrogen and oxygen atoms in total. The van der Waals surface area contributed by atoms with Crippen LogP contribution in [0.5, 0.6) is 0 Å². The summed E-state index contributed by atoms with van der Waals surface area (Å²) in [6.07, 6.45) is 2.16. The second-order valence-corrected chi connectivity index (χ2v) is 6.05. The SMILES string of the molecule is CC(C)(C)OC(=O)CN1C(=O)CCCc2ccccc21. The van der Waals surface area contributed by atoms with E-state index in [0.29, 0.717) is 6.42 Å². The molecule has 0 unspecified atom stereocenters. The fraction of sp³-hybridized carbons (Fsp3) is 0.500. The van der Waals surface area contributed by atoms with Crippen LogP contribution >= 0.6 is 0 Å². The lowest BCUT2D eigenvalue weighted by molar-refractivity contribution is -0.153. The Morgan fingerprint density at radius 1 is 1.25 bits per heavy atom. The lowest BCUT2D eigenvalue weighted by Gasteiger charge is -2.25. The van der Waals surface area contributed by atoms with Crippen molar-refractivity contribution in [3.8, 4) is 0 Å². The Morgan fingerprint density at radius 2 is 1.95 bits per heavy atom. The van der Waals surface area contributed by atoms with E-state index in [0.717, 1.165) is 24.1 Å². The zero-order valence-corrected chi connectivity index (χ0v) is 12.3. The molecule has 0 atom stereocenters. The van der Waals surface area contributed by atoms with Crippen LogP contribution in [0.25, 0.3) is 0 Å². The van der Waals surface area contributed by atoms with Gasteiger partial charge in [-0.05, 0) is 45.2 Å². The summed E-state index contributed by atoms with van der Waals surface area (Å²) in [6.45, 7) is 5.45. The van der Waals surface area contributed by atoms with E-state index in [9.17, 15) is 9.59 Å². The van der Waals surface area contributed by atoms with E-state index < -0.39 is 5.60 Å². The van der Waals surface area contributed by atoms with Crippen LogP contribution in [0.15, 0.2) is 24.3 Å². The molecule has 1 aromatic carbocycles. The number of rotatable bonds is 2. The zero-order valence-electron chi connectivity index (χ0n) is 12.3. The van der Waals surface area contributed by atoms with Crippen LogP contribution in [0.4, 0.5) is 5.69 Å². The second-order valence-electron chi connectivity index (χ2n) is 6.05. The monoisotopic (exact) mass is 275 g/mol. The van der Waals surface area contributed by atoms with Gasteiger partial charge in [0.1, 0.15) is 12.1 Å². The highest BCUT2D eigenvalue weighted by molar-refractivity contribution is 5.98. The van der Waals surface area contributed by atoms with Gasteiger partial charge in [-0.25, -0.2) is 0 Å². The summed E-state index contributed by atoms with van der Waals surface area (Å²) < 4.78 is 5.31. The first-order valence-electron chi connectivity index (χ1n) is 6.97. The molecule has 20 heavy (non-hydrogen) atoms. The molecule has 0 fully saturated rings. The van der Waals surface area contributed by atoms with Crippen LogP contribution in [0.2, 0.25) is 0 Å². The Hall–Kier alpha value is -1.84. The second kappa shape index (κ2) is 5.65. The van der Waals surface area contributed by atoms with Crippen molar-refractivity contribution in [2.45, 2.75) is 45.6 Å². The van der Waals surface area contributed by atoms with Gasteiger partial charge in [-0.1, -0.05) is 18.2 Å². The van der Waals surface area contributed by atoms with E-state index in [-0.39, 0.29) is 18.4 Å². The predicted molar refractivity (Wildman–Crippen MR) is 77.6 cm³/mol. The normalized spacial score (nSPS) is 15.6. The van der Waals surface area contributed by atoms with Crippen molar-refractivity contribution in [3.63, 3.8) is 0 Å². The van der Waals surface area contributed by atoms with E-state index in [4.69, 9.17) is 4.74 Å². The molecular formula is C16H21NO3. The molecular weight excluding hydrogens is 254 g/mol. The quantitative estimate of drug-likeness (QED) is 0.780. The fourth-order valence-electron chi connectivity index (χ4n) is 2.36. The number of para-hydroxylation sites is 1. The van der Waals surface area contributed by atoms with Crippen molar-refractivity contribution in [1.29, 1.82) is 0 Å². The van der Waals surface area contributed by atoms with E-state index >= 15 is 0 Å². The highest BCUT2D eigenvalue weighted by Crippen LogP contribution is 2.26. The van der Waals surface area contributed by atoms with Crippen molar-refractivity contribution in [1.82, 2.24) is 0 Å². The van der Waals surface area contributed by atoms with Crippen molar-refractivity contribution in [2.24, 2.45) is 0 Å². The number of carbonyl (C=O) groups excluding carboxylic acids is 2. The van der Waals surface area contributed by atoms with Crippen LogP contribution < -0.4 is 4.90 Å². The summed E-state index contributed by atoms with van der Waals surface area (Å²) in [5.74, 6) is -0.386. The lowest BCUT2D eigenvalue weighted by atomic mass is 10.1. The van der Waals surface area contributed by atoms with Crippen molar-refractivity contribution >= 4 is 17.6 Å². The summed E-state index contributed by atoms with van der Waals surface area (Å²) >= 11 is 0. The summed E-state index contributed by atoms with van der Waals surface area (Å²) in [6, 6.07) is 7.75. The Morgan fingerprint density at radius 3 is 2.65 bits per heavy atom. The van der Waals surface area contributed by atoms with Crippen molar-refractivity contribution in [2.75, 3.05) is 11.4 Å². The minimum absolute atomic E-state index is 0.0131. The minimum Gasteiger partial charge on any atom is -0.459 e. The van der Waals surface area contributed by atoms with Crippen LogP contribution in [0.1, 0.15) is 39.2 Å². The first-order valence-corrected chi connectivity index (χ1v) is 6.97. The molecule has 1 heterocycles. The first kappa shape index (κ1) is 14.6. The van der Waals surface area contributed by atoms with Gasteiger partial charge in [0.15, 0.2) is 0 Å². The average Bonchev–Trinajstić information content (AvgIpc) is 2.48. The van der Waals surface area contributed by atoms with Crippen molar-refractivity contribution in [3.05, 3.63) is 29.8 Å². The summed E-state index contributed by atoms with van der Waals surface area (Å²) in [4.78, 5) is 25.7. The molecule has 0 aliphatic carbocycles. The van der Waals surface area contributed by atoms with E-state index in [1.807, 2.05) is 45.0 Å². The molecule has 0 bridgehead atoms. The summed E-state index contributed by atoms with van der Waals surface area (Å²) in [5.41, 5.74) is 1.41. The minimum atomic E-state index is -0.536. The highest BCUT2D eigenvalue weighted by atomic mass is 16.6. The van der Waals surface area contributed by atoms with Crippen LogP contribution in [0.3, 0.4) is 0 Å². The average molecular weight is 275 g/mol. The molecule has 1 aromatic rings. The van der Waals surface area contributed by atoms with Crippen molar-refractivity contribution < 1.29 is 14.3 Å². The van der Waals surface area contributed by atoms with Gasteiger partial charge in [-0.15, -0.1) is 0 Å². The van der Waals surface area contributed by atoms with Gasteiger partial charge in [0.2, 0.25) is 5.91 Å². The van der Waals surface area contributed by atoms with E-state index in [1.165, 1.54) is 0 Å².